The minimum Gasteiger partial charge on any atom is -0.342 e. The van der Waals surface area contributed by atoms with Crippen LogP contribution in [0.4, 0.5) is 10.1 Å². The zero-order chi connectivity index (χ0) is 18.8. The van der Waals surface area contributed by atoms with Crippen LogP contribution in [-0.2, 0) is 11.2 Å². The van der Waals surface area contributed by atoms with Gasteiger partial charge in [0.2, 0.25) is 5.91 Å². The number of halogens is 1. The van der Waals surface area contributed by atoms with E-state index in [2.05, 4.69) is 0 Å². The van der Waals surface area contributed by atoms with Crippen LogP contribution in [0.15, 0.2) is 47.4 Å². The summed E-state index contributed by atoms with van der Waals surface area (Å²) < 4.78 is 13.7. The molecule has 2 aliphatic rings. The van der Waals surface area contributed by atoms with Crippen molar-refractivity contribution in [1.82, 2.24) is 4.90 Å². The predicted octanol–water partition coefficient (Wildman–Crippen LogP) is 3.74. The van der Waals surface area contributed by atoms with Crippen molar-refractivity contribution in [2.75, 3.05) is 30.3 Å². The Bertz CT molecular complexity index is 880. The molecule has 2 aliphatic heterocycles. The lowest BCUT2D eigenvalue weighted by Crippen LogP contribution is -2.30. The van der Waals surface area contributed by atoms with Crippen LogP contribution in [-0.4, -0.2) is 42.1 Å². The Hall–Kier alpha value is -2.34. The highest BCUT2D eigenvalue weighted by molar-refractivity contribution is 8.00. The maximum atomic E-state index is 13.7. The Labute approximate surface area is 162 Å². The molecule has 0 radical (unpaired) electrons. The van der Waals surface area contributed by atoms with Gasteiger partial charge in [0.05, 0.1) is 17.0 Å². The minimum atomic E-state index is -0.340. The van der Waals surface area contributed by atoms with Crippen LogP contribution in [0.2, 0.25) is 0 Å². The topological polar surface area (TPSA) is 40.6 Å². The van der Waals surface area contributed by atoms with E-state index < -0.39 is 0 Å². The number of carbonyl (C=O) groups excluding carboxylic acids is 2. The molecular weight excluding hydrogens is 363 g/mol. The number of benzene rings is 2. The summed E-state index contributed by atoms with van der Waals surface area (Å²) in [6, 6.07) is 11.9. The molecule has 0 atom stereocenters. The number of likely N-dealkylation sites (tertiary alicyclic amines) is 1. The number of carbonyl (C=O) groups is 2. The first-order valence-corrected chi connectivity index (χ1v) is 10.2. The molecule has 6 heteroatoms. The second-order valence-corrected chi connectivity index (χ2v) is 7.87. The van der Waals surface area contributed by atoms with E-state index in [1.807, 2.05) is 23.1 Å². The highest BCUT2D eigenvalue weighted by atomic mass is 32.2. The molecule has 0 saturated carbocycles. The molecule has 0 aliphatic carbocycles. The summed E-state index contributed by atoms with van der Waals surface area (Å²) in [6.45, 7) is 2.20. The first-order valence-electron chi connectivity index (χ1n) is 9.23. The van der Waals surface area contributed by atoms with Crippen LogP contribution >= 0.6 is 11.8 Å². The van der Waals surface area contributed by atoms with Gasteiger partial charge < -0.3 is 9.80 Å². The van der Waals surface area contributed by atoms with Crippen LogP contribution in [0.25, 0.3) is 0 Å². The van der Waals surface area contributed by atoms with E-state index in [9.17, 15) is 14.0 Å². The zero-order valence-electron chi connectivity index (χ0n) is 15.0. The summed E-state index contributed by atoms with van der Waals surface area (Å²) in [5.74, 6) is -0.0353. The number of rotatable bonds is 4. The van der Waals surface area contributed by atoms with Gasteiger partial charge in [-0.1, -0.05) is 18.2 Å². The average molecular weight is 384 g/mol. The molecule has 0 N–H and O–H groups in total. The summed E-state index contributed by atoms with van der Waals surface area (Å²) in [4.78, 5) is 29.8. The van der Waals surface area contributed by atoms with Gasteiger partial charge in [-0.3, -0.25) is 9.59 Å². The molecule has 2 aromatic carbocycles. The van der Waals surface area contributed by atoms with Crippen molar-refractivity contribution in [1.29, 1.82) is 0 Å². The number of amides is 2. The van der Waals surface area contributed by atoms with Crippen LogP contribution < -0.4 is 4.90 Å². The van der Waals surface area contributed by atoms with Crippen LogP contribution in [0, 0.1) is 5.82 Å². The van der Waals surface area contributed by atoms with Gasteiger partial charge in [-0.2, -0.15) is 0 Å². The molecule has 4 nitrogen and oxygen atoms in total. The summed E-state index contributed by atoms with van der Waals surface area (Å²) in [5, 5.41) is 0. The quantitative estimate of drug-likeness (QED) is 0.754. The van der Waals surface area contributed by atoms with Crippen molar-refractivity contribution in [3.05, 3.63) is 59.4 Å². The molecule has 27 heavy (non-hydrogen) atoms. The fraction of sp³-hybridized carbons (Fsp3) is 0.333. The number of hydrogen-bond acceptors (Lipinski definition) is 3. The van der Waals surface area contributed by atoms with Gasteiger partial charge in [0.15, 0.2) is 0 Å². The third-order valence-corrected chi connectivity index (χ3v) is 6.17. The van der Waals surface area contributed by atoms with Gasteiger partial charge in [0.1, 0.15) is 5.82 Å². The van der Waals surface area contributed by atoms with E-state index in [4.69, 9.17) is 0 Å². The lowest BCUT2D eigenvalue weighted by atomic mass is 10.1. The van der Waals surface area contributed by atoms with E-state index in [-0.39, 0.29) is 17.6 Å². The second kappa shape index (κ2) is 7.72. The first-order chi connectivity index (χ1) is 13.1. The molecule has 1 fully saturated rings. The monoisotopic (exact) mass is 384 g/mol. The van der Waals surface area contributed by atoms with Crippen molar-refractivity contribution in [3.8, 4) is 0 Å². The second-order valence-electron chi connectivity index (χ2n) is 6.85. The van der Waals surface area contributed by atoms with Crippen molar-refractivity contribution < 1.29 is 14.0 Å². The van der Waals surface area contributed by atoms with Crippen molar-refractivity contribution in [3.63, 3.8) is 0 Å². The molecule has 4 rings (SSSR count). The fourth-order valence-electron chi connectivity index (χ4n) is 3.68. The Kier molecular flexibility index (Phi) is 5.16. The molecule has 2 amide bonds. The van der Waals surface area contributed by atoms with Crippen molar-refractivity contribution in [2.24, 2.45) is 0 Å². The molecule has 0 unspecified atom stereocenters. The third kappa shape index (κ3) is 3.72. The predicted molar refractivity (Wildman–Crippen MR) is 105 cm³/mol. The zero-order valence-corrected chi connectivity index (χ0v) is 15.8. The van der Waals surface area contributed by atoms with Gasteiger partial charge in [-0.25, -0.2) is 4.39 Å². The van der Waals surface area contributed by atoms with Crippen LogP contribution in [0.1, 0.15) is 28.8 Å². The molecular formula is C21H21FN2O2S. The largest absolute Gasteiger partial charge is 0.342 e. The summed E-state index contributed by atoms with van der Waals surface area (Å²) >= 11 is 1.40. The molecule has 0 spiro atoms. The van der Waals surface area contributed by atoms with E-state index >= 15 is 0 Å². The van der Waals surface area contributed by atoms with Gasteiger partial charge in [0, 0.05) is 24.5 Å². The Balaban J connectivity index is 1.52. The molecule has 2 aromatic rings. The number of nitrogens with zero attached hydrogens (tertiary/aromatic N) is 2. The lowest BCUT2D eigenvalue weighted by Gasteiger charge is -2.20. The lowest BCUT2D eigenvalue weighted by molar-refractivity contribution is -0.127. The summed E-state index contributed by atoms with van der Waals surface area (Å²) in [6.07, 6.45) is 2.86. The van der Waals surface area contributed by atoms with Crippen LogP contribution in [0.3, 0.4) is 0 Å². The SMILES string of the molecule is O=C(CSc1ccccc1C(=O)N1CCc2ccc(F)cc21)N1CCCC1. The van der Waals surface area contributed by atoms with E-state index in [0.29, 0.717) is 23.5 Å². The van der Waals surface area contributed by atoms with E-state index in [0.717, 1.165) is 42.8 Å². The van der Waals surface area contributed by atoms with E-state index in [1.165, 1.54) is 23.9 Å². The van der Waals surface area contributed by atoms with Crippen LogP contribution in [0.5, 0.6) is 0 Å². The number of hydrogen-bond donors (Lipinski definition) is 0. The highest BCUT2D eigenvalue weighted by Crippen LogP contribution is 2.32. The van der Waals surface area contributed by atoms with Gasteiger partial charge >= 0.3 is 0 Å². The third-order valence-electron chi connectivity index (χ3n) is 5.12. The molecule has 140 valence electrons. The fourth-order valence-corrected chi connectivity index (χ4v) is 4.62. The Morgan fingerprint density at radius 1 is 1.04 bits per heavy atom. The Morgan fingerprint density at radius 3 is 2.63 bits per heavy atom. The smallest absolute Gasteiger partial charge is 0.259 e. The average Bonchev–Trinajstić information content (AvgIpc) is 3.35. The first kappa shape index (κ1) is 18.0. The number of fused-ring (bicyclic) bond motifs is 1. The molecule has 0 aromatic heterocycles. The Morgan fingerprint density at radius 2 is 1.81 bits per heavy atom. The van der Waals surface area contributed by atoms with Gasteiger partial charge in [-0.15, -0.1) is 11.8 Å². The van der Waals surface area contributed by atoms with Crippen molar-refractivity contribution in [2.45, 2.75) is 24.2 Å². The van der Waals surface area contributed by atoms with Gasteiger partial charge in [0.25, 0.3) is 5.91 Å². The van der Waals surface area contributed by atoms with Crippen molar-refractivity contribution >= 4 is 29.3 Å². The normalized spacial score (nSPS) is 15.9. The molecule has 0 bridgehead atoms. The molecule has 1 saturated heterocycles. The molecule has 2 heterocycles. The standard InChI is InChI=1S/C21H21FN2O2S/c22-16-8-7-15-9-12-24(18(15)13-16)21(26)17-5-1-2-6-19(17)27-14-20(25)23-10-3-4-11-23/h1-2,5-8,13H,3-4,9-12,14H2. The minimum absolute atomic E-state index is 0.119. The maximum Gasteiger partial charge on any atom is 0.259 e. The van der Waals surface area contributed by atoms with Gasteiger partial charge in [-0.05, 0) is 49.1 Å². The number of anilines is 1. The summed E-state index contributed by atoms with van der Waals surface area (Å²) in [5.41, 5.74) is 2.20. The maximum absolute atomic E-state index is 13.7. The summed E-state index contributed by atoms with van der Waals surface area (Å²) in [7, 11) is 0. The highest BCUT2D eigenvalue weighted by Gasteiger charge is 2.27. The van der Waals surface area contributed by atoms with E-state index in [1.54, 1.807) is 17.0 Å². The number of thioether (sulfide) groups is 1.